The monoisotopic (exact) mass is 380 g/mol. The molecule has 0 aliphatic heterocycles. The smallest absolute Gasteiger partial charge is 0.287 e. The molecule has 0 fully saturated rings. The molecule has 3 rings (SSSR count). The number of nitrogens with one attached hydrogen (secondary N) is 2. The lowest BCUT2D eigenvalue weighted by molar-refractivity contribution is 0.0938. The zero-order valence-corrected chi connectivity index (χ0v) is 16.4. The van der Waals surface area contributed by atoms with Crippen molar-refractivity contribution in [3.05, 3.63) is 59.7 Å². The van der Waals surface area contributed by atoms with E-state index in [9.17, 15) is 9.59 Å². The lowest BCUT2D eigenvalue weighted by Gasteiger charge is -2.10. The summed E-state index contributed by atoms with van der Waals surface area (Å²) in [7, 11) is 1.55. The van der Waals surface area contributed by atoms with Crippen molar-refractivity contribution >= 4 is 23.0 Å². The molecule has 2 heterocycles. The molecule has 0 unspecified atom stereocenters. The van der Waals surface area contributed by atoms with Gasteiger partial charge in [0.05, 0.1) is 18.3 Å². The van der Waals surface area contributed by atoms with E-state index in [4.69, 9.17) is 4.74 Å². The Labute approximate surface area is 163 Å². The third kappa shape index (κ3) is 3.98. The van der Waals surface area contributed by atoms with Crippen molar-refractivity contribution in [3.63, 3.8) is 0 Å². The normalized spacial score (nSPS) is 10.9. The maximum atomic E-state index is 12.9. The van der Waals surface area contributed by atoms with Gasteiger partial charge >= 0.3 is 0 Å². The number of hydrogen-bond donors (Lipinski definition) is 2. The predicted octanol–water partition coefficient (Wildman–Crippen LogP) is 3.29. The lowest BCUT2D eigenvalue weighted by Crippen LogP contribution is -2.29. The first-order valence-electron chi connectivity index (χ1n) is 9.12. The Bertz CT molecular complexity index is 1020. The number of anilines is 1. The van der Waals surface area contributed by atoms with E-state index in [1.54, 1.807) is 42.0 Å². The van der Waals surface area contributed by atoms with Crippen LogP contribution in [-0.4, -0.2) is 34.9 Å². The molecule has 0 bridgehead atoms. The Hall–Kier alpha value is -3.35. The first-order chi connectivity index (χ1) is 13.4. The molecule has 28 heavy (non-hydrogen) atoms. The van der Waals surface area contributed by atoms with Crippen LogP contribution in [0.5, 0.6) is 5.75 Å². The van der Waals surface area contributed by atoms with Crippen LogP contribution in [0, 0.1) is 12.8 Å². The topological polar surface area (TPSA) is 84.7 Å². The maximum Gasteiger partial charge on any atom is 0.287 e. The number of fused-ring (bicyclic) bond motifs is 1. The Morgan fingerprint density at radius 3 is 2.68 bits per heavy atom. The molecule has 0 radical (unpaired) electrons. The maximum absolute atomic E-state index is 12.9. The van der Waals surface area contributed by atoms with Crippen LogP contribution in [0.4, 0.5) is 5.69 Å². The molecule has 0 aliphatic rings. The van der Waals surface area contributed by atoms with Crippen molar-refractivity contribution in [2.45, 2.75) is 20.8 Å². The van der Waals surface area contributed by atoms with Crippen LogP contribution in [0.15, 0.2) is 42.6 Å². The molecule has 2 aromatic heterocycles. The van der Waals surface area contributed by atoms with Gasteiger partial charge in [0.1, 0.15) is 5.75 Å². The van der Waals surface area contributed by atoms with E-state index in [0.29, 0.717) is 29.4 Å². The Morgan fingerprint density at radius 2 is 1.96 bits per heavy atom. The molecule has 2 N–H and O–H groups in total. The largest absolute Gasteiger partial charge is 0.495 e. The number of aromatic nitrogens is 2. The van der Waals surface area contributed by atoms with E-state index >= 15 is 0 Å². The highest BCUT2D eigenvalue weighted by molar-refractivity contribution is 6.09. The molecule has 0 saturated heterocycles. The highest BCUT2D eigenvalue weighted by atomic mass is 16.5. The third-order valence-corrected chi connectivity index (χ3v) is 4.24. The summed E-state index contributed by atoms with van der Waals surface area (Å²) in [5, 5.41) is 5.69. The fraction of sp³-hybridized carbons (Fsp3) is 0.286. The molecule has 7 nitrogen and oxygen atoms in total. The molecule has 0 aliphatic carbocycles. The van der Waals surface area contributed by atoms with Gasteiger partial charge < -0.3 is 15.4 Å². The van der Waals surface area contributed by atoms with Gasteiger partial charge in [-0.1, -0.05) is 26.0 Å². The molecular weight excluding hydrogens is 356 g/mol. The molecule has 0 spiro atoms. The van der Waals surface area contributed by atoms with Crippen LogP contribution in [0.1, 0.15) is 40.5 Å². The highest BCUT2D eigenvalue weighted by Crippen LogP contribution is 2.26. The van der Waals surface area contributed by atoms with Crippen molar-refractivity contribution in [1.82, 2.24) is 14.7 Å². The SMILES string of the molecule is COc1ccc(C)cc1NC(=O)c1nc(C(=O)NCC(C)C)n2ccccc12. The highest BCUT2D eigenvalue weighted by Gasteiger charge is 2.22. The fourth-order valence-electron chi connectivity index (χ4n) is 2.84. The number of carbonyl (C=O) groups excluding carboxylic acids is 2. The van der Waals surface area contributed by atoms with Gasteiger partial charge in [0.25, 0.3) is 11.8 Å². The summed E-state index contributed by atoms with van der Waals surface area (Å²) in [6.07, 6.45) is 1.72. The second-order valence-corrected chi connectivity index (χ2v) is 7.00. The second kappa shape index (κ2) is 8.12. The number of hydrogen-bond acceptors (Lipinski definition) is 4. The summed E-state index contributed by atoms with van der Waals surface area (Å²) in [4.78, 5) is 29.8. The number of pyridine rings is 1. The fourth-order valence-corrected chi connectivity index (χ4v) is 2.84. The Kier molecular flexibility index (Phi) is 5.63. The van der Waals surface area contributed by atoms with Gasteiger partial charge in [0.2, 0.25) is 5.82 Å². The Balaban J connectivity index is 1.96. The van der Waals surface area contributed by atoms with E-state index in [-0.39, 0.29) is 17.4 Å². The van der Waals surface area contributed by atoms with Crippen LogP contribution in [0.25, 0.3) is 5.52 Å². The minimum Gasteiger partial charge on any atom is -0.495 e. The van der Waals surface area contributed by atoms with Gasteiger partial charge in [-0.05, 0) is 42.7 Å². The number of methoxy groups -OCH3 is 1. The van der Waals surface area contributed by atoms with E-state index in [1.165, 1.54) is 0 Å². The number of carbonyl (C=O) groups is 2. The number of ether oxygens (including phenoxy) is 1. The minimum absolute atomic E-state index is 0.178. The summed E-state index contributed by atoms with van der Waals surface area (Å²) in [6.45, 7) is 6.48. The van der Waals surface area contributed by atoms with Crippen molar-refractivity contribution in [2.75, 3.05) is 19.0 Å². The number of rotatable bonds is 6. The average Bonchev–Trinajstić information content (AvgIpc) is 3.06. The molecular formula is C21H24N4O3. The van der Waals surface area contributed by atoms with Gasteiger partial charge in [-0.15, -0.1) is 0 Å². The summed E-state index contributed by atoms with van der Waals surface area (Å²) < 4.78 is 6.94. The van der Waals surface area contributed by atoms with E-state index in [1.807, 2.05) is 32.9 Å². The van der Waals surface area contributed by atoms with E-state index in [0.717, 1.165) is 5.56 Å². The van der Waals surface area contributed by atoms with Crippen LogP contribution in [0.2, 0.25) is 0 Å². The first kappa shape index (κ1) is 19.4. The number of amides is 2. The van der Waals surface area contributed by atoms with Crippen molar-refractivity contribution in [3.8, 4) is 5.75 Å². The third-order valence-electron chi connectivity index (χ3n) is 4.24. The van der Waals surface area contributed by atoms with Gasteiger partial charge in [-0.25, -0.2) is 4.98 Å². The molecule has 3 aromatic rings. The van der Waals surface area contributed by atoms with E-state index < -0.39 is 5.91 Å². The van der Waals surface area contributed by atoms with E-state index in [2.05, 4.69) is 15.6 Å². The predicted molar refractivity (Wildman–Crippen MR) is 108 cm³/mol. The first-order valence-corrected chi connectivity index (χ1v) is 9.12. The molecule has 2 amide bonds. The molecule has 0 atom stereocenters. The number of nitrogens with zero attached hydrogens (tertiary/aromatic N) is 2. The van der Waals surface area contributed by atoms with Crippen LogP contribution < -0.4 is 15.4 Å². The summed E-state index contributed by atoms with van der Waals surface area (Å²) in [6, 6.07) is 10.9. The van der Waals surface area contributed by atoms with Crippen LogP contribution >= 0.6 is 0 Å². The number of benzene rings is 1. The zero-order chi connectivity index (χ0) is 20.3. The van der Waals surface area contributed by atoms with Gasteiger partial charge in [-0.2, -0.15) is 0 Å². The van der Waals surface area contributed by atoms with Crippen LogP contribution in [-0.2, 0) is 0 Å². The second-order valence-electron chi connectivity index (χ2n) is 7.00. The zero-order valence-electron chi connectivity index (χ0n) is 16.4. The van der Waals surface area contributed by atoms with Crippen molar-refractivity contribution < 1.29 is 14.3 Å². The average molecular weight is 380 g/mol. The lowest BCUT2D eigenvalue weighted by atomic mass is 10.2. The molecule has 1 aromatic carbocycles. The number of aryl methyl sites for hydroxylation is 1. The van der Waals surface area contributed by atoms with Crippen molar-refractivity contribution in [1.29, 1.82) is 0 Å². The summed E-state index contributed by atoms with van der Waals surface area (Å²) >= 11 is 0. The van der Waals surface area contributed by atoms with Gasteiger partial charge in [0.15, 0.2) is 5.69 Å². The molecule has 146 valence electrons. The standard InChI is InChI=1S/C21H24N4O3/c1-13(2)12-22-21(27)19-24-18(16-7-5-6-10-25(16)19)20(26)23-15-11-14(3)8-9-17(15)28-4/h5-11,13H,12H2,1-4H3,(H,22,27)(H,23,26). The van der Waals surface area contributed by atoms with Gasteiger partial charge in [-0.3, -0.25) is 14.0 Å². The summed E-state index contributed by atoms with van der Waals surface area (Å²) in [5.74, 6) is 0.319. The Morgan fingerprint density at radius 1 is 1.18 bits per heavy atom. The molecule has 0 saturated carbocycles. The number of imidazole rings is 1. The quantitative estimate of drug-likeness (QED) is 0.687. The molecule has 7 heteroatoms. The van der Waals surface area contributed by atoms with Crippen molar-refractivity contribution in [2.24, 2.45) is 5.92 Å². The summed E-state index contributed by atoms with van der Waals surface area (Å²) in [5.41, 5.74) is 2.27. The van der Waals surface area contributed by atoms with Gasteiger partial charge in [0, 0.05) is 12.7 Å². The minimum atomic E-state index is -0.407. The van der Waals surface area contributed by atoms with Crippen LogP contribution in [0.3, 0.4) is 0 Å².